The summed E-state index contributed by atoms with van der Waals surface area (Å²) >= 11 is 0. The van der Waals surface area contributed by atoms with Gasteiger partial charge in [-0.15, -0.1) is 0 Å². The van der Waals surface area contributed by atoms with Crippen LogP contribution in [0, 0.1) is 5.82 Å². The van der Waals surface area contributed by atoms with Crippen LogP contribution in [0.15, 0.2) is 101 Å². The van der Waals surface area contributed by atoms with Gasteiger partial charge in [0.1, 0.15) is 23.1 Å². The maximum absolute atomic E-state index is 17.3. The Morgan fingerprint density at radius 3 is 1.98 bits per heavy atom. The number of rotatable bonds is 11. The lowest BCUT2D eigenvalue weighted by atomic mass is 9.79. The molecule has 2 heterocycles. The number of hydrogen-bond acceptors (Lipinski definition) is 7. The second-order valence-corrected chi connectivity index (χ2v) is 18.4. The van der Waals surface area contributed by atoms with E-state index in [-0.39, 0.29) is 11.6 Å². The summed E-state index contributed by atoms with van der Waals surface area (Å²) in [5.74, 6) is -0.712. The van der Waals surface area contributed by atoms with Crippen molar-refractivity contribution in [3.8, 4) is 5.75 Å². The minimum atomic E-state index is -2.54. The average Bonchev–Trinajstić information content (AvgIpc) is 3.35. The monoisotopic (exact) mass is 680 g/mol. The SMILES string of the molecule is COc1ccc(C(O[C@H]2[C@H](F)[C@H](n3cc(F)c(=O)[nH]c3=O)O[C@]2(CO)CO[Si](C)(C)C(C)(C)C)(c2ccccc2)c2ccccc2)cc1. The van der Waals surface area contributed by atoms with Crippen molar-refractivity contribution >= 4 is 8.32 Å². The quantitative estimate of drug-likeness (QED) is 0.155. The average molecular weight is 681 g/mol. The molecular formula is C36H42F2N2O7Si. The molecule has 3 aromatic carbocycles. The Kier molecular flexibility index (Phi) is 9.96. The van der Waals surface area contributed by atoms with Gasteiger partial charge in [-0.25, -0.2) is 9.18 Å². The highest BCUT2D eigenvalue weighted by Crippen LogP contribution is 2.49. The van der Waals surface area contributed by atoms with Crippen molar-refractivity contribution < 1.29 is 32.5 Å². The number of aliphatic hydroxyl groups excluding tert-OH is 1. The summed E-state index contributed by atoms with van der Waals surface area (Å²) in [6, 6.07) is 25.6. The number of halogens is 2. The maximum Gasteiger partial charge on any atom is 0.330 e. The number of H-pyrrole nitrogens is 1. The maximum atomic E-state index is 17.3. The Morgan fingerprint density at radius 1 is 0.938 bits per heavy atom. The molecule has 48 heavy (non-hydrogen) atoms. The van der Waals surface area contributed by atoms with Crippen LogP contribution in [0.5, 0.6) is 5.75 Å². The van der Waals surface area contributed by atoms with Crippen LogP contribution in [0.3, 0.4) is 0 Å². The van der Waals surface area contributed by atoms with Crippen LogP contribution < -0.4 is 16.0 Å². The Hall–Kier alpha value is -3.94. The molecule has 1 aliphatic rings. The highest BCUT2D eigenvalue weighted by Gasteiger charge is 2.61. The number of ether oxygens (including phenoxy) is 3. The predicted octanol–water partition coefficient (Wildman–Crippen LogP) is 5.68. The largest absolute Gasteiger partial charge is 0.497 e. The van der Waals surface area contributed by atoms with E-state index in [2.05, 4.69) is 0 Å². The van der Waals surface area contributed by atoms with E-state index in [0.29, 0.717) is 33.2 Å². The predicted molar refractivity (Wildman–Crippen MR) is 180 cm³/mol. The molecule has 0 aliphatic carbocycles. The van der Waals surface area contributed by atoms with Crippen LogP contribution in [-0.2, 0) is 19.5 Å². The van der Waals surface area contributed by atoms with Crippen molar-refractivity contribution in [1.29, 1.82) is 0 Å². The van der Waals surface area contributed by atoms with Gasteiger partial charge in [0.25, 0.3) is 5.56 Å². The molecule has 0 radical (unpaired) electrons. The first kappa shape index (κ1) is 35.4. The van der Waals surface area contributed by atoms with Gasteiger partial charge in [-0.05, 0) is 47.0 Å². The fourth-order valence-electron chi connectivity index (χ4n) is 5.72. The normalized spacial score (nSPS) is 21.7. The van der Waals surface area contributed by atoms with Crippen molar-refractivity contribution in [2.45, 2.75) is 68.6 Å². The van der Waals surface area contributed by atoms with Crippen LogP contribution in [-0.4, -0.2) is 61.2 Å². The van der Waals surface area contributed by atoms with Crippen molar-refractivity contribution in [2.24, 2.45) is 0 Å². The van der Waals surface area contributed by atoms with Gasteiger partial charge in [-0.1, -0.05) is 93.6 Å². The van der Waals surface area contributed by atoms with E-state index in [1.54, 1.807) is 19.2 Å². The summed E-state index contributed by atoms with van der Waals surface area (Å²) in [4.78, 5) is 26.7. The molecule has 5 rings (SSSR count). The van der Waals surface area contributed by atoms with Gasteiger partial charge in [-0.2, -0.15) is 4.39 Å². The van der Waals surface area contributed by atoms with E-state index in [1.165, 1.54) is 0 Å². The van der Waals surface area contributed by atoms with Crippen molar-refractivity contribution in [1.82, 2.24) is 9.55 Å². The second-order valence-electron chi connectivity index (χ2n) is 13.5. The van der Waals surface area contributed by atoms with Gasteiger partial charge in [-0.3, -0.25) is 14.3 Å². The van der Waals surface area contributed by atoms with E-state index in [9.17, 15) is 19.1 Å². The summed E-state index contributed by atoms with van der Waals surface area (Å²) in [7, 11) is -0.984. The summed E-state index contributed by atoms with van der Waals surface area (Å²) in [6.45, 7) is 9.05. The third kappa shape index (κ3) is 6.42. The van der Waals surface area contributed by atoms with Gasteiger partial charge >= 0.3 is 5.69 Å². The number of alkyl halides is 1. The molecule has 1 saturated heterocycles. The minimum Gasteiger partial charge on any atom is -0.497 e. The van der Waals surface area contributed by atoms with Crippen LogP contribution in [0.2, 0.25) is 18.1 Å². The van der Waals surface area contributed by atoms with Crippen LogP contribution in [0.4, 0.5) is 8.78 Å². The van der Waals surface area contributed by atoms with Crippen molar-refractivity contribution in [2.75, 3.05) is 20.3 Å². The molecule has 256 valence electrons. The molecule has 0 bridgehead atoms. The molecule has 1 fully saturated rings. The lowest BCUT2D eigenvalue weighted by molar-refractivity contribution is -0.179. The summed E-state index contributed by atoms with van der Waals surface area (Å²) in [6.07, 6.45) is -4.94. The molecule has 12 heteroatoms. The number of nitrogens with one attached hydrogen (secondary N) is 1. The third-order valence-corrected chi connectivity index (χ3v) is 14.0. The molecule has 2 N–H and O–H groups in total. The topological polar surface area (TPSA) is 112 Å². The van der Waals surface area contributed by atoms with Gasteiger partial charge in [0, 0.05) is 0 Å². The zero-order chi connectivity index (χ0) is 34.9. The first-order chi connectivity index (χ1) is 22.7. The number of hydrogen-bond donors (Lipinski definition) is 2. The molecule has 9 nitrogen and oxygen atoms in total. The Morgan fingerprint density at radius 2 is 1.48 bits per heavy atom. The molecule has 0 amide bonds. The first-order valence-corrected chi connectivity index (χ1v) is 18.6. The number of aromatic nitrogens is 2. The Balaban J connectivity index is 1.75. The number of benzene rings is 3. The lowest BCUT2D eigenvalue weighted by Gasteiger charge is -2.44. The molecule has 0 saturated carbocycles. The summed E-state index contributed by atoms with van der Waals surface area (Å²) < 4.78 is 57.8. The zero-order valence-electron chi connectivity index (χ0n) is 27.9. The van der Waals surface area contributed by atoms with Crippen LogP contribution >= 0.6 is 0 Å². The molecule has 0 spiro atoms. The van der Waals surface area contributed by atoms with Crippen LogP contribution in [0.1, 0.15) is 43.7 Å². The number of aliphatic hydroxyl groups is 1. The second kappa shape index (κ2) is 13.5. The fraction of sp³-hybridized carbons (Fsp3) is 0.389. The van der Waals surface area contributed by atoms with Crippen LogP contribution in [0.25, 0.3) is 0 Å². The highest BCUT2D eigenvalue weighted by molar-refractivity contribution is 6.74. The van der Waals surface area contributed by atoms with E-state index < -0.39 is 61.7 Å². The van der Waals surface area contributed by atoms with E-state index in [4.69, 9.17) is 18.6 Å². The van der Waals surface area contributed by atoms with Gasteiger partial charge in [0.05, 0.1) is 26.5 Å². The van der Waals surface area contributed by atoms with E-state index >= 15 is 4.39 Å². The number of methoxy groups -OCH3 is 1. The third-order valence-electron chi connectivity index (χ3n) is 9.55. The lowest BCUT2D eigenvalue weighted by Crippen LogP contribution is -2.56. The highest BCUT2D eigenvalue weighted by atomic mass is 28.4. The number of nitrogens with zero attached hydrogens (tertiary/aromatic N) is 1. The van der Waals surface area contributed by atoms with Gasteiger partial charge in [0.15, 0.2) is 20.7 Å². The smallest absolute Gasteiger partial charge is 0.330 e. The summed E-state index contributed by atoms with van der Waals surface area (Å²) in [5.41, 5.74) is -3.82. The van der Waals surface area contributed by atoms with Crippen molar-refractivity contribution in [3.05, 3.63) is 134 Å². The minimum absolute atomic E-state index is 0.257. The zero-order valence-corrected chi connectivity index (χ0v) is 28.9. The van der Waals surface area contributed by atoms with Crippen molar-refractivity contribution in [3.63, 3.8) is 0 Å². The first-order valence-electron chi connectivity index (χ1n) is 15.7. The molecule has 4 atom stereocenters. The van der Waals surface area contributed by atoms with Gasteiger partial charge < -0.3 is 23.7 Å². The van der Waals surface area contributed by atoms with Gasteiger partial charge in [0.2, 0.25) is 5.82 Å². The Bertz CT molecular complexity index is 1770. The van der Waals surface area contributed by atoms with E-state index in [0.717, 1.165) is 0 Å². The summed E-state index contributed by atoms with van der Waals surface area (Å²) in [5, 5.41) is 10.9. The van der Waals surface area contributed by atoms with E-state index in [1.807, 2.05) is 112 Å². The molecule has 0 unspecified atom stereocenters. The molecular weight excluding hydrogens is 638 g/mol. The Labute approximate surface area is 279 Å². The molecule has 1 aliphatic heterocycles. The standard InChI is InChI=1S/C36H42F2N2O7Si/c1-34(2,3)48(5,6)45-23-35(22-41)30(29(38)32(47-35)40-21-28(37)31(42)39-33(40)43)46-36(24-13-9-7-10-14-24,25-15-11-8-12-16-25)26-17-19-27(44-4)20-18-26/h7-21,29-30,32,41H,22-23H2,1-6H3,(H,39,42,43)/t29-,30-,32+,35+/m0/s1. The molecule has 1 aromatic heterocycles. The number of aromatic amines is 1. The fourth-order valence-corrected chi connectivity index (χ4v) is 6.76. The molecule has 4 aromatic rings.